The lowest BCUT2D eigenvalue weighted by Crippen LogP contribution is -2.16. The summed E-state index contributed by atoms with van der Waals surface area (Å²) in [6.45, 7) is -1.08. The number of primary sulfonamides is 1. The molecule has 5 nitrogen and oxygen atoms in total. The van der Waals surface area contributed by atoms with E-state index in [0.717, 1.165) is 16.6 Å². The van der Waals surface area contributed by atoms with Gasteiger partial charge in [-0.3, -0.25) is 0 Å². The van der Waals surface area contributed by atoms with Crippen molar-refractivity contribution in [2.24, 2.45) is 5.14 Å². The Hall–Kier alpha value is -1.69. The molecule has 0 saturated heterocycles. The fourth-order valence-electron chi connectivity index (χ4n) is 2.53. The molecule has 2 aromatic carbocycles. The zero-order valence-corrected chi connectivity index (χ0v) is 17.1. The molecule has 0 spiro atoms. The third-order valence-electron chi connectivity index (χ3n) is 3.65. The van der Waals surface area contributed by atoms with Gasteiger partial charge in [0.2, 0.25) is 10.0 Å². The van der Waals surface area contributed by atoms with E-state index >= 15 is 0 Å². The van der Waals surface area contributed by atoms with Crippen LogP contribution >= 0.6 is 31.9 Å². The molecule has 3 aromatic rings. The van der Waals surface area contributed by atoms with Crippen molar-refractivity contribution in [3.63, 3.8) is 0 Å². The number of hydrogen-bond acceptors (Lipinski definition) is 4. The van der Waals surface area contributed by atoms with Crippen molar-refractivity contribution in [1.82, 2.24) is 5.16 Å². The second kappa shape index (κ2) is 7.38. The van der Waals surface area contributed by atoms with Gasteiger partial charge >= 0.3 is 0 Å². The number of nitrogens with zero attached hydrogens (tertiary/aromatic N) is 1. The van der Waals surface area contributed by atoms with Crippen molar-refractivity contribution in [3.8, 4) is 22.4 Å². The van der Waals surface area contributed by atoms with Crippen LogP contribution in [0.4, 0.5) is 13.2 Å². The van der Waals surface area contributed by atoms with Crippen LogP contribution in [0.3, 0.4) is 0 Å². The van der Waals surface area contributed by atoms with Gasteiger partial charge in [-0.2, -0.15) is 0 Å². The smallest absolute Gasteiger partial charge is 0.243 e. The molecule has 1 aromatic heterocycles. The first-order chi connectivity index (χ1) is 12.6. The molecule has 11 heteroatoms. The fraction of sp³-hybridized carbons (Fsp3) is 0.0625. The number of rotatable bonds is 4. The van der Waals surface area contributed by atoms with E-state index in [1.807, 2.05) is 0 Å². The normalized spacial score (nSPS) is 11.8. The van der Waals surface area contributed by atoms with E-state index < -0.39 is 33.2 Å². The molecule has 0 bridgehead atoms. The summed E-state index contributed by atoms with van der Waals surface area (Å²) < 4.78 is 70.9. The first-order valence-electron chi connectivity index (χ1n) is 7.15. The Morgan fingerprint density at radius 3 is 2.19 bits per heavy atom. The van der Waals surface area contributed by atoms with Gasteiger partial charge in [-0.15, -0.1) is 0 Å². The number of hydrogen-bond donors (Lipinski definition) is 1. The Bertz CT molecular complexity index is 1130. The summed E-state index contributed by atoms with van der Waals surface area (Å²) in [5.41, 5.74) is 0.490. The zero-order valence-electron chi connectivity index (χ0n) is 13.1. The molecule has 1 heterocycles. The molecule has 0 aliphatic carbocycles. The summed E-state index contributed by atoms with van der Waals surface area (Å²) in [5.74, 6) is -3.06. The van der Waals surface area contributed by atoms with Gasteiger partial charge in [-0.1, -0.05) is 11.2 Å². The van der Waals surface area contributed by atoms with E-state index in [-0.39, 0.29) is 22.6 Å². The first kappa shape index (κ1) is 20.1. The maximum absolute atomic E-state index is 14.2. The van der Waals surface area contributed by atoms with Crippen molar-refractivity contribution in [2.45, 2.75) is 11.6 Å². The SMILES string of the molecule is NS(=O)(=O)c1c(F)cc(-c2c(-c3ccc(Br)c(Br)c3)noc2CF)cc1F. The lowest BCUT2D eigenvalue weighted by atomic mass is 9.99. The molecule has 0 unspecified atom stereocenters. The first-order valence-corrected chi connectivity index (χ1v) is 10.3. The van der Waals surface area contributed by atoms with Crippen LogP contribution in [0.1, 0.15) is 5.76 Å². The quantitative estimate of drug-likeness (QED) is 0.523. The highest BCUT2D eigenvalue weighted by Crippen LogP contribution is 2.38. The molecule has 27 heavy (non-hydrogen) atoms. The van der Waals surface area contributed by atoms with E-state index in [2.05, 4.69) is 37.0 Å². The molecule has 0 aliphatic heterocycles. The monoisotopic (exact) mass is 524 g/mol. The van der Waals surface area contributed by atoms with Crippen molar-refractivity contribution in [3.05, 3.63) is 56.7 Å². The summed E-state index contributed by atoms with van der Waals surface area (Å²) in [6.07, 6.45) is 0. The summed E-state index contributed by atoms with van der Waals surface area (Å²) in [6, 6.07) is 6.47. The van der Waals surface area contributed by atoms with Crippen LogP contribution in [0.25, 0.3) is 22.4 Å². The van der Waals surface area contributed by atoms with Crippen LogP contribution in [0.5, 0.6) is 0 Å². The van der Waals surface area contributed by atoms with Gasteiger partial charge < -0.3 is 4.52 Å². The summed E-state index contributed by atoms with van der Waals surface area (Å²) in [5, 5.41) is 8.62. The second-order valence-electron chi connectivity index (χ2n) is 5.41. The van der Waals surface area contributed by atoms with Crippen LogP contribution in [0.2, 0.25) is 0 Å². The molecule has 0 aliphatic rings. The van der Waals surface area contributed by atoms with Crippen LogP contribution in [-0.4, -0.2) is 13.6 Å². The average Bonchev–Trinajstić information content (AvgIpc) is 2.99. The van der Waals surface area contributed by atoms with Gasteiger partial charge in [0.15, 0.2) is 17.3 Å². The van der Waals surface area contributed by atoms with Crippen molar-refractivity contribution in [1.29, 1.82) is 0 Å². The average molecular weight is 526 g/mol. The highest BCUT2D eigenvalue weighted by Gasteiger charge is 2.26. The van der Waals surface area contributed by atoms with E-state index in [0.29, 0.717) is 10.0 Å². The van der Waals surface area contributed by atoms with Crippen LogP contribution < -0.4 is 5.14 Å². The number of nitrogens with two attached hydrogens (primary N) is 1. The molecule has 0 amide bonds. The second-order valence-corrected chi connectivity index (χ2v) is 8.61. The maximum atomic E-state index is 14.2. The summed E-state index contributed by atoms with van der Waals surface area (Å²) in [7, 11) is -4.61. The Morgan fingerprint density at radius 2 is 1.67 bits per heavy atom. The lowest BCUT2D eigenvalue weighted by Gasteiger charge is -2.08. The number of halogens is 5. The summed E-state index contributed by atoms with van der Waals surface area (Å²) in [4.78, 5) is -1.27. The molecule has 0 fully saturated rings. The van der Waals surface area contributed by atoms with Gasteiger partial charge in [0.05, 0.1) is 5.56 Å². The van der Waals surface area contributed by atoms with Crippen LogP contribution in [0, 0.1) is 11.6 Å². The number of alkyl halides is 1. The molecule has 142 valence electrons. The molecule has 0 saturated carbocycles. The number of sulfonamides is 1. The fourth-order valence-corrected chi connectivity index (χ4v) is 3.82. The van der Waals surface area contributed by atoms with Crippen LogP contribution in [0.15, 0.2) is 48.7 Å². The van der Waals surface area contributed by atoms with E-state index in [9.17, 15) is 21.6 Å². The van der Waals surface area contributed by atoms with Crippen LogP contribution in [-0.2, 0) is 16.7 Å². The third-order valence-corrected chi connectivity index (χ3v) is 6.49. The Kier molecular flexibility index (Phi) is 5.48. The minimum atomic E-state index is -4.61. The topological polar surface area (TPSA) is 86.2 Å². The molecular formula is C16H9Br2F3N2O3S. The zero-order chi connectivity index (χ0) is 19.9. The highest BCUT2D eigenvalue weighted by atomic mass is 79.9. The molecule has 2 N–H and O–H groups in total. The Morgan fingerprint density at radius 1 is 1.04 bits per heavy atom. The van der Waals surface area contributed by atoms with Gasteiger partial charge in [0, 0.05) is 14.5 Å². The van der Waals surface area contributed by atoms with Gasteiger partial charge in [-0.05, 0) is 61.7 Å². The molecule has 0 radical (unpaired) electrons. The predicted molar refractivity (Wildman–Crippen MR) is 98.9 cm³/mol. The standard InChI is InChI=1S/C16H9Br2F3N2O3S/c17-9-2-1-7(3-10(9)18)15-14(13(6-19)26-23-15)8-4-11(20)16(12(21)5-8)27(22,24)25/h1-5H,6H2,(H2,22,24,25). The third kappa shape index (κ3) is 3.82. The van der Waals surface area contributed by atoms with Crippen molar-refractivity contribution in [2.75, 3.05) is 0 Å². The van der Waals surface area contributed by atoms with E-state index in [1.54, 1.807) is 18.2 Å². The minimum absolute atomic E-state index is 0.00509. The molecular weight excluding hydrogens is 517 g/mol. The van der Waals surface area contributed by atoms with E-state index in [1.165, 1.54) is 0 Å². The van der Waals surface area contributed by atoms with Crippen molar-refractivity contribution >= 4 is 41.9 Å². The largest absolute Gasteiger partial charge is 0.357 e. The highest BCUT2D eigenvalue weighted by molar-refractivity contribution is 9.13. The summed E-state index contributed by atoms with van der Waals surface area (Å²) >= 11 is 6.63. The van der Waals surface area contributed by atoms with Gasteiger partial charge in [0.1, 0.15) is 17.3 Å². The Labute approximate surface area is 168 Å². The number of aromatic nitrogens is 1. The lowest BCUT2D eigenvalue weighted by molar-refractivity contribution is 0.332. The van der Waals surface area contributed by atoms with Gasteiger partial charge in [0.25, 0.3) is 0 Å². The van der Waals surface area contributed by atoms with Crippen molar-refractivity contribution < 1.29 is 26.1 Å². The van der Waals surface area contributed by atoms with Gasteiger partial charge in [-0.25, -0.2) is 26.7 Å². The maximum Gasteiger partial charge on any atom is 0.243 e. The predicted octanol–water partition coefficient (Wildman–Crippen LogP) is 4.93. The van der Waals surface area contributed by atoms with E-state index in [4.69, 9.17) is 9.66 Å². The molecule has 3 rings (SSSR count). The molecule has 0 atom stereocenters. The number of benzene rings is 2. The minimum Gasteiger partial charge on any atom is -0.357 e. The Balaban J connectivity index is 2.26.